The summed E-state index contributed by atoms with van der Waals surface area (Å²) in [5, 5.41) is -0.347. The fraction of sp³-hybridized carbons (Fsp3) is 0.545. The molecule has 0 aromatic carbocycles. The number of ether oxygens (including phenoxy) is 1. The molecule has 0 atom stereocenters. The van der Waals surface area contributed by atoms with Gasteiger partial charge in [-0.05, 0) is 32.9 Å². The summed E-state index contributed by atoms with van der Waals surface area (Å²) in [5.74, 6) is -0.864. The van der Waals surface area contributed by atoms with Crippen LogP contribution >= 0.6 is 0 Å². The number of sulfonamides is 1. The molecule has 0 amide bonds. The summed E-state index contributed by atoms with van der Waals surface area (Å²) >= 11 is 0. The van der Waals surface area contributed by atoms with Gasteiger partial charge in [-0.2, -0.15) is 0 Å². The van der Waals surface area contributed by atoms with Crippen molar-refractivity contribution in [3.8, 4) is 0 Å². The molecule has 1 rings (SSSR count). The molecule has 108 valence electrons. The van der Waals surface area contributed by atoms with E-state index in [0.717, 1.165) is 0 Å². The molecule has 0 fully saturated rings. The van der Waals surface area contributed by atoms with E-state index < -0.39 is 21.5 Å². The Balaban J connectivity index is 2.83. The molecule has 0 saturated carbocycles. The van der Waals surface area contributed by atoms with Gasteiger partial charge in [0, 0.05) is 12.1 Å². The lowest BCUT2D eigenvalue weighted by Gasteiger charge is -2.18. The largest absolute Gasteiger partial charge is 0.460 e. The minimum absolute atomic E-state index is 0.0464. The van der Waals surface area contributed by atoms with Crippen LogP contribution in [0.2, 0.25) is 0 Å². The van der Waals surface area contributed by atoms with E-state index in [-0.39, 0.29) is 24.0 Å². The first kappa shape index (κ1) is 15.7. The van der Waals surface area contributed by atoms with E-state index in [1.165, 1.54) is 12.1 Å². The smallest absolute Gasteiger partial charge is 0.374 e. The number of rotatable bonds is 6. The molecule has 1 aromatic rings. The van der Waals surface area contributed by atoms with E-state index in [1.54, 1.807) is 20.8 Å². The van der Waals surface area contributed by atoms with Gasteiger partial charge in [-0.15, -0.1) is 0 Å². The average Bonchev–Trinajstić information content (AvgIpc) is 2.76. The average molecular weight is 290 g/mol. The first-order chi connectivity index (χ1) is 8.65. The Morgan fingerprint density at radius 1 is 1.47 bits per heavy atom. The molecule has 8 heteroatoms. The number of carbonyl (C=O) groups is 1. The zero-order valence-electron chi connectivity index (χ0n) is 11.1. The van der Waals surface area contributed by atoms with Crippen LogP contribution in [0.4, 0.5) is 0 Å². The molecule has 0 aliphatic carbocycles. The van der Waals surface area contributed by atoms with E-state index in [0.29, 0.717) is 0 Å². The fourth-order valence-corrected chi connectivity index (χ4v) is 2.28. The van der Waals surface area contributed by atoms with Crippen LogP contribution in [0.25, 0.3) is 0 Å². The molecule has 0 saturated heterocycles. The third kappa shape index (κ3) is 4.66. The molecule has 19 heavy (non-hydrogen) atoms. The second kappa shape index (κ2) is 5.72. The van der Waals surface area contributed by atoms with Crippen LogP contribution in [0, 0.1) is 0 Å². The summed E-state index contributed by atoms with van der Waals surface area (Å²) in [7, 11) is -3.83. The highest BCUT2D eigenvalue weighted by molar-refractivity contribution is 7.89. The maximum atomic E-state index is 11.9. The van der Waals surface area contributed by atoms with Gasteiger partial charge in [0.05, 0.1) is 6.61 Å². The third-order valence-corrected chi connectivity index (χ3v) is 3.31. The Kier molecular flexibility index (Phi) is 4.72. The van der Waals surface area contributed by atoms with E-state index in [9.17, 15) is 13.2 Å². The molecule has 0 aliphatic heterocycles. The van der Waals surface area contributed by atoms with Crippen molar-refractivity contribution in [2.45, 2.75) is 31.4 Å². The molecule has 1 heterocycles. The molecule has 0 spiro atoms. The highest BCUT2D eigenvalue weighted by Crippen LogP contribution is 2.15. The van der Waals surface area contributed by atoms with E-state index in [2.05, 4.69) is 4.72 Å². The molecular formula is C11H18N2O5S. The summed E-state index contributed by atoms with van der Waals surface area (Å²) in [6.07, 6.45) is 0. The molecule has 0 radical (unpaired) electrons. The Morgan fingerprint density at radius 2 is 2.11 bits per heavy atom. The number of nitrogens with one attached hydrogen (secondary N) is 1. The van der Waals surface area contributed by atoms with E-state index >= 15 is 0 Å². The van der Waals surface area contributed by atoms with Crippen LogP contribution in [0.1, 0.15) is 31.3 Å². The topological polar surface area (TPSA) is 112 Å². The van der Waals surface area contributed by atoms with Gasteiger partial charge in [0.1, 0.15) is 0 Å². The van der Waals surface area contributed by atoms with E-state index in [1.807, 2.05) is 0 Å². The zero-order chi connectivity index (χ0) is 14.7. The van der Waals surface area contributed by atoms with Gasteiger partial charge in [-0.3, -0.25) is 0 Å². The van der Waals surface area contributed by atoms with Crippen LogP contribution in [0.15, 0.2) is 21.6 Å². The van der Waals surface area contributed by atoms with Crippen LogP contribution in [-0.4, -0.2) is 33.1 Å². The van der Waals surface area contributed by atoms with Crippen molar-refractivity contribution >= 4 is 16.0 Å². The number of esters is 1. The van der Waals surface area contributed by atoms with Gasteiger partial charge in [0.15, 0.2) is 0 Å². The number of hydrogen-bond acceptors (Lipinski definition) is 6. The van der Waals surface area contributed by atoms with Gasteiger partial charge >= 0.3 is 5.97 Å². The van der Waals surface area contributed by atoms with Crippen molar-refractivity contribution in [3.63, 3.8) is 0 Å². The second-order valence-corrected chi connectivity index (χ2v) is 6.35. The number of nitrogens with two attached hydrogens (primary N) is 1. The quantitative estimate of drug-likeness (QED) is 0.737. The van der Waals surface area contributed by atoms with E-state index in [4.69, 9.17) is 14.9 Å². The maximum Gasteiger partial charge on any atom is 0.374 e. The van der Waals surface area contributed by atoms with Crippen LogP contribution in [0.5, 0.6) is 0 Å². The third-order valence-electron chi connectivity index (χ3n) is 2.04. The highest BCUT2D eigenvalue weighted by atomic mass is 32.2. The first-order valence-corrected chi connectivity index (χ1v) is 7.19. The monoisotopic (exact) mass is 290 g/mol. The SMILES string of the molecule is CCOC(=O)c1ccc(S(=O)(=O)NCC(C)(C)N)o1. The summed E-state index contributed by atoms with van der Waals surface area (Å²) in [6.45, 7) is 5.23. The molecular weight excluding hydrogens is 272 g/mol. The Hall–Kier alpha value is -1.38. The number of furan rings is 1. The molecule has 3 N–H and O–H groups in total. The first-order valence-electron chi connectivity index (χ1n) is 5.71. The Labute approximate surface area is 112 Å². The Morgan fingerprint density at radius 3 is 2.63 bits per heavy atom. The van der Waals surface area contributed by atoms with Gasteiger partial charge in [-0.1, -0.05) is 0 Å². The predicted molar refractivity (Wildman–Crippen MR) is 68.1 cm³/mol. The van der Waals surface area contributed by atoms with Gasteiger partial charge in [-0.25, -0.2) is 17.9 Å². The summed E-state index contributed by atoms with van der Waals surface area (Å²) in [6, 6.07) is 2.44. The molecule has 0 unspecified atom stereocenters. The number of hydrogen-bond donors (Lipinski definition) is 2. The minimum atomic E-state index is -3.83. The van der Waals surface area contributed by atoms with Crippen molar-refractivity contribution in [1.82, 2.24) is 4.72 Å². The van der Waals surface area contributed by atoms with Crippen molar-refractivity contribution in [2.24, 2.45) is 5.73 Å². The lowest BCUT2D eigenvalue weighted by molar-refractivity contribution is 0.0484. The normalized spacial score (nSPS) is 12.4. The van der Waals surface area contributed by atoms with Gasteiger partial charge < -0.3 is 14.9 Å². The second-order valence-electron chi connectivity index (χ2n) is 4.65. The summed E-state index contributed by atoms with van der Waals surface area (Å²) < 4.78 is 35.7. The zero-order valence-corrected chi connectivity index (χ0v) is 11.9. The van der Waals surface area contributed by atoms with Crippen molar-refractivity contribution in [2.75, 3.05) is 13.2 Å². The van der Waals surface area contributed by atoms with Gasteiger partial charge in [0.2, 0.25) is 10.9 Å². The molecule has 7 nitrogen and oxygen atoms in total. The van der Waals surface area contributed by atoms with Crippen molar-refractivity contribution < 1.29 is 22.4 Å². The number of carbonyl (C=O) groups excluding carboxylic acids is 1. The predicted octanol–water partition coefficient (Wildman–Crippen LogP) is 0.472. The fourth-order valence-electron chi connectivity index (χ4n) is 1.13. The van der Waals surface area contributed by atoms with Crippen LogP contribution in [0.3, 0.4) is 0 Å². The molecule has 1 aromatic heterocycles. The Bertz CT molecular complexity index is 542. The minimum Gasteiger partial charge on any atom is -0.460 e. The lowest BCUT2D eigenvalue weighted by atomic mass is 10.1. The summed E-state index contributed by atoms with van der Waals surface area (Å²) in [4.78, 5) is 11.4. The van der Waals surface area contributed by atoms with Crippen LogP contribution in [-0.2, 0) is 14.8 Å². The standard InChI is InChI=1S/C11H18N2O5S/c1-4-17-10(14)8-5-6-9(18-8)19(15,16)13-7-11(2,3)12/h5-6,13H,4,7,12H2,1-3H3. The highest BCUT2D eigenvalue weighted by Gasteiger charge is 2.23. The lowest BCUT2D eigenvalue weighted by Crippen LogP contribution is -2.44. The maximum absolute atomic E-state index is 11.9. The van der Waals surface area contributed by atoms with Crippen molar-refractivity contribution in [3.05, 3.63) is 17.9 Å². The van der Waals surface area contributed by atoms with Crippen LogP contribution < -0.4 is 10.5 Å². The molecule has 0 aliphatic rings. The van der Waals surface area contributed by atoms with Gasteiger partial charge in [0.25, 0.3) is 10.0 Å². The van der Waals surface area contributed by atoms with Crippen molar-refractivity contribution in [1.29, 1.82) is 0 Å². The summed E-state index contributed by atoms with van der Waals surface area (Å²) in [5.41, 5.74) is 4.99. The molecule has 0 bridgehead atoms.